The third-order valence-electron chi connectivity index (χ3n) is 2.93. The Bertz CT molecular complexity index is 698. The maximum atomic E-state index is 12.3. The molecule has 0 aliphatic rings. The summed E-state index contributed by atoms with van der Waals surface area (Å²) in [5.74, 6) is 0.137. The van der Waals surface area contributed by atoms with Gasteiger partial charge in [0.1, 0.15) is 5.75 Å². The van der Waals surface area contributed by atoms with Crippen molar-refractivity contribution in [3.05, 3.63) is 58.1 Å². The number of ketones is 1. The SMILES string of the molecule is COc1ccc(Br)cc1C(=O)Nc1cccc(C(C)=O)c1. The molecule has 5 heteroatoms. The van der Waals surface area contributed by atoms with Crippen LogP contribution in [0.5, 0.6) is 5.75 Å². The smallest absolute Gasteiger partial charge is 0.259 e. The van der Waals surface area contributed by atoms with Crippen molar-refractivity contribution >= 4 is 33.3 Å². The minimum Gasteiger partial charge on any atom is -0.496 e. The third-order valence-corrected chi connectivity index (χ3v) is 3.43. The predicted molar refractivity (Wildman–Crippen MR) is 85.1 cm³/mol. The molecule has 108 valence electrons. The Morgan fingerprint density at radius 3 is 2.57 bits per heavy atom. The number of hydrogen-bond acceptors (Lipinski definition) is 3. The number of nitrogens with one attached hydrogen (secondary N) is 1. The van der Waals surface area contributed by atoms with E-state index in [4.69, 9.17) is 4.74 Å². The van der Waals surface area contributed by atoms with E-state index < -0.39 is 0 Å². The second-order valence-electron chi connectivity index (χ2n) is 4.44. The number of carbonyl (C=O) groups is 2. The van der Waals surface area contributed by atoms with Crippen molar-refractivity contribution in [1.82, 2.24) is 0 Å². The van der Waals surface area contributed by atoms with E-state index in [2.05, 4.69) is 21.2 Å². The molecule has 0 atom stereocenters. The van der Waals surface area contributed by atoms with Crippen LogP contribution in [0.1, 0.15) is 27.6 Å². The molecule has 1 amide bonds. The van der Waals surface area contributed by atoms with Crippen LogP contribution in [0.15, 0.2) is 46.9 Å². The van der Waals surface area contributed by atoms with Crippen molar-refractivity contribution in [3.8, 4) is 5.75 Å². The number of anilines is 1. The fraction of sp³-hybridized carbons (Fsp3) is 0.125. The zero-order valence-corrected chi connectivity index (χ0v) is 13.2. The minimum absolute atomic E-state index is 0.0499. The van der Waals surface area contributed by atoms with E-state index in [0.29, 0.717) is 22.6 Å². The van der Waals surface area contributed by atoms with Gasteiger partial charge in [-0.15, -0.1) is 0 Å². The van der Waals surface area contributed by atoms with Crippen LogP contribution >= 0.6 is 15.9 Å². The molecule has 0 aliphatic carbocycles. The topological polar surface area (TPSA) is 55.4 Å². The number of rotatable bonds is 4. The van der Waals surface area contributed by atoms with Crippen LogP contribution in [0, 0.1) is 0 Å². The first-order valence-corrected chi connectivity index (χ1v) is 7.06. The van der Waals surface area contributed by atoms with Gasteiger partial charge in [0.2, 0.25) is 0 Å². The highest BCUT2D eigenvalue weighted by atomic mass is 79.9. The summed E-state index contributed by atoms with van der Waals surface area (Å²) in [6.07, 6.45) is 0. The van der Waals surface area contributed by atoms with Crippen molar-refractivity contribution in [2.24, 2.45) is 0 Å². The molecule has 2 rings (SSSR count). The second-order valence-corrected chi connectivity index (χ2v) is 5.35. The number of benzene rings is 2. The van der Waals surface area contributed by atoms with Crippen molar-refractivity contribution in [2.45, 2.75) is 6.92 Å². The first-order valence-electron chi connectivity index (χ1n) is 6.27. The number of methoxy groups -OCH3 is 1. The monoisotopic (exact) mass is 347 g/mol. The third kappa shape index (κ3) is 3.70. The molecule has 1 N–H and O–H groups in total. The lowest BCUT2D eigenvalue weighted by atomic mass is 10.1. The summed E-state index contributed by atoms with van der Waals surface area (Å²) >= 11 is 3.33. The van der Waals surface area contributed by atoms with Gasteiger partial charge in [-0.25, -0.2) is 0 Å². The molecule has 0 saturated carbocycles. The zero-order valence-electron chi connectivity index (χ0n) is 11.6. The molecule has 0 radical (unpaired) electrons. The molecule has 4 nitrogen and oxygen atoms in total. The Hall–Kier alpha value is -2.14. The van der Waals surface area contributed by atoms with Crippen molar-refractivity contribution < 1.29 is 14.3 Å². The molecule has 0 aromatic heterocycles. The van der Waals surface area contributed by atoms with Gasteiger partial charge in [-0.3, -0.25) is 9.59 Å². The standard InChI is InChI=1S/C16H14BrNO3/c1-10(19)11-4-3-5-13(8-11)18-16(20)14-9-12(17)6-7-15(14)21-2/h3-9H,1-2H3,(H,18,20). The van der Waals surface area contributed by atoms with Crippen molar-refractivity contribution in [3.63, 3.8) is 0 Å². The number of amides is 1. The Balaban J connectivity index is 2.28. The van der Waals surface area contributed by atoms with Crippen molar-refractivity contribution in [1.29, 1.82) is 0 Å². The van der Waals surface area contributed by atoms with E-state index in [1.54, 1.807) is 42.5 Å². The summed E-state index contributed by atoms with van der Waals surface area (Å²) in [5, 5.41) is 2.76. The first-order chi connectivity index (χ1) is 10.0. The molecular formula is C16H14BrNO3. The van der Waals surface area contributed by atoms with Crippen LogP contribution in [-0.2, 0) is 0 Å². The van der Waals surface area contributed by atoms with Gasteiger partial charge >= 0.3 is 0 Å². The highest BCUT2D eigenvalue weighted by molar-refractivity contribution is 9.10. The Morgan fingerprint density at radius 2 is 1.90 bits per heavy atom. The quantitative estimate of drug-likeness (QED) is 0.853. The number of hydrogen-bond donors (Lipinski definition) is 1. The largest absolute Gasteiger partial charge is 0.496 e. The van der Waals surface area contributed by atoms with E-state index in [9.17, 15) is 9.59 Å². The van der Waals surface area contributed by atoms with Gasteiger partial charge in [0, 0.05) is 15.7 Å². The van der Waals surface area contributed by atoms with Crippen molar-refractivity contribution in [2.75, 3.05) is 12.4 Å². The van der Waals surface area contributed by atoms with Crippen LogP contribution < -0.4 is 10.1 Å². The van der Waals surface area contributed by atoms with Gasteiger partial charge < -0.3 is 10.1 Å². The number of Topliss-reactive ketones (excluding diaryl/α,β-unsaturated/α-hetero) is 1. The zero-order chi connectivity index (χ0) is 15.4. The molecule has 2 aromatic carbocycles. The van der Waals surface area contributed by atoms with Gasteiger partial charge in [0.15, 0.2) is 5.78 Å². The highest BCUT2D eigenvalue weighted by Crippen LogP contribution is 2.24. The van der Waals surface area contributed by atoms with Gasteiger partial charge in [-0.1, -0.05) is 28.1 Å². The van der Waals surface area contributed by atoms with Crippen LogP contribution in [0.2, 0.25) is 0 Å². The summed E-state index contributed by atoms with van der Waals surface area (Å²) in [7, 11) is 1.51. The van der Waals surface area contributed by atoms with Crippen LogP contribution in [0.3, 0.4) is 0 Å². The summed E-state index contributed by atoms with van der Waals surface area (Å²) in [5.41, 5.74) is 1.53. The maximum absolute atomic E-state index is 12.3. The van der Waals surface area contributed by atoms with E-state index in [0.717, 1.165) is 4.47 Å². The van der Waals surface area contributed by atoms with Gasteiger partial charge in [0.05, 0.1) is 12.7 Å². The lowest BCUT2D eigenvalue weighted by Crippen LogP contribution is -2.13. The van der Waals surface area contributed by atoms with Gasteiger partial charge in [-0.2, -0.15) is 0 Å². The molecule has 0 bridgehead atoms. The summed E-state index contributed by atoms with van der Waals surface area (Å²) < 4.78 is 5.97. The van der Waals surface area contributed by atoms with Crippen LogP contribution in [0.4, 0.5) is 5.69 Å². The molecular weight excluding hydrogens is 334 g/mol. The lowest BCUT2D eigenvalue weighted by Gasteiger charge is -2.10. The molecule has 0 spiro atoms. The van der Waals surface area contributed by atoms with Crippen LogP contribution in [0.25, 0.3) is 0 Å². The molecule has 0 saturated heterocycles. The van der Waals surface area contributed by atoms with Gasteiger partial charge in [-0.05, 0) is 37.3 Å². The summed E-state index contributed by atoms with van der Waals surface area (Å²) in [6.45, 7) is 1.48. The first kappa shape index (κ1) is 15.3. The summed E-state index contributed by atoms with van der Waals surface area (Å²) in [4.78, 5) is 23.7. The number of halogens is 1. The number of ether oxygens (including phenoxy) is 1. The molecule has 0 fully saturated rings. The van der Waals surface area contributed by atoms with Crippen LogP contribution in [-0.4, -0.2) is 18.8 Å². The lowest BCUT2D eigenvalue weighted by molar-refractivity contribution is 0.101. The molecule has 0 aliphatic heterocycles. The van der Waals surface area contributed by atoms with E-state index in [1.165, 1.54) is 14.0 Å². The Kier molecular flexibility index (Phi) is 4.75. The normalized spacial score (nSPS) is 10.0. The molecule has 21 heavy (non-hydrogen) atoms. The van der Waals surface area contributed by atoms with Gasteiger partial charge in [0.25, 0.3) is 5.91 Å². The fourth-order valence-electron chi connectivity index (χ4n) is 1.87. The summed E-state index contributed by atoms with van der Waals surface area (Å²) in [6, 6.07) is 12.0. The average molecular weight is 348 g/mol. The highest BCUT2D eigenvalue weighted by Gasteiger charge is 2.13. The number of carbonyl (C=O) groups excluding carboxylic acids is 2. The Labute approximate surface area is 131 Å². The minimum atomic E-state index is -0.297. The van der Waals surface area contributed by atoms with E-state index in [1.807, 2.05) is 0 Å². The average Bonchev–Trinajstić information content (AvgIpc) is 2.47. The molecule has 2 aromatic rings. The predicted octanol–water partition coefficient (Wildman–Crippen LogP) is 3.91. The second kappa shape index (κ2) is 6.54. The van der Waals surface area contributed by atoms with E-state index >= 15 is 0 Å². The Morgan fingerprint density at radius 1 is 1.14 bits per heavy atom. The van der Waals surface area contributed by atoms with E-state index in [-0.39, 0.29) is 11.7 Å². The molecule has 0 heterocycles. The molecule has 0 unspecified atom stereocenters. The fourth-order valence-corrected chi connectivity index (χ4v) is 2.23. The maximum Gasteiger partial charge on any atom is 0.259 e.